The molecule has 1 aromatic rings. The largest absolute Gasteiger partial charge is 0.394 e. The maximum absolute atomic E-state index is 6.30. The fourth-order valence-corrected chi connectivity index (χ4v) is 5.84. The normalized spacial score (nSPS) is 11.6. The van der Waals surface area contributed by atoms with Crippen LogP contribution in [0, 0.1) is 0 Å². The highest BCUT2D eigenvalue weighted by molar-refractivity contribution is 6.67. The third-order valence-corrected chi connectivity index (χ3v) is 7.40. The van der Waals surface area contributed by atoms with Gasteiger partial charge in [-0.15, -0.1) is 0 Å². The molecule has 0 saturated heterocycles. The van der Waals surface area contributed by atoms with Gasteiger partial charge in [0, 0.05) is 6.61 Å². The summed E-state index contributed by atoms with van der Waals surface area (Å²) in [6, 6.07) is 10.5. The minimum absolute atomic E-state index is 0.656. The van der Waals surface area contributed by atoms with Crippen LogP contribution in [0.5, 0.6) is 0 Å². The lowest BCUT2D eigenvalue weighted by molar-refractivity contribution is 0.165. The third-order valence-electron chi connectivity index (χ3n) is 3.39. The average Bonchev–Trinajstić information content (AvgIpc) is 2.46. The van der Waals surface area contributed by atoms with Crippen molar-refractivity contribution in [3.8, 4) is 0 Å². The van der Waals surface area contributed by atoms with Crippen LogP contribution in [0.4, 0.5) is 0 Å². The van der Waals surface area contributed by atoms with Crippen LogP contribution in [-0.2, 0) is 15.5 Å². The van der Waals surface area contributed by atoms with E-state index in [4.69, 9.17) is 8.85 Å². The van der Waals surface area contributed by atoms with Crippen LogP contribution >= 0.6 is 0 Å². The van der Waals surface area contributed by atoms with Crippen LogP contribution in [0.25, 0.3) is 6.08 Å². The summed E-state index contributed by atoms with van der Waals surface area (Å²) in [5.74, 6) is 0. The second kappa shape index (κ2) is 9.11. The highest BCUT2D eigenvalue weighted by Gasteiger charge is 2.35. The molecule has 0 saturated carbocycles. The smallest absolute Gasteiger partial charge is 0.338 e. The molecule has 3 heteroatoms. The maximum atomic E-state index is 6.30. The van der Waals surface area contributed by atoms with Crippen LogP contribution in [0.15, 0.2) is 30.8 Å². The lowest BCUT2D eigenvalue weighted by atomic mass is 10.1. The molecule has 0 unspecified atom stereocenters. The summed E-state index contributed by atoms with van der Waals surface area (Å²) in [6.45, 7) is 11.7. The first-order chi connectivity index (χ1) is 9.69. The Morgan fingerprint density at radius 2 is 1.60 bits per heavy atom. The molecule has 0 aliphatic carbocycles. The van der Waals surface area contributed by atoms with E-state index < -0.39 is 8.56 Å². The van der Waals surface area contributed by atoms with Crippen LogP contribution in [0.3, 0.4) is 0 Å². The zero-order valence-electron chi connectivity index (χ0n) is 13.2. The topological polar surface area (TPSA) is 18.5 Å². The third kappa shape index (κ3) is 5.23. The van der Waals surface area contributed by atoms with Gasteiger partial charge >= 0.3 is 8.56 Å². The predicted octanol–water partition coefficient (Wildman–Crippen LogP) is 5.14. The first kappa shape index (κ1) is 17.1. The molecule has 0 aromatic heterocycles. The van der Waals surface area contributed by atoms with Crippen molar-refractivity contribution in [2.75, 3.05) is 6.61 Å². The molecular formula is C17H28O2Si. The van der Waals surface area contributed by atoms with Gasteiger partial charge in [0.1, 0.15) is 0 Å². The second-order valence-corrected chi connectivity index (χ2v) is 8.48. The molecule has 2 nitrogen and oxygen atoms in total. The Morgan fingerprint density at radius 3 is 2.05 bits per heavy atom. The highest BCUT2D eigenvalue weighted by atomic mass is 28.4. The first-order valence-electron chi connectivity index (χ1n) is 7.69. The van der Waals surface area contributed by atoms with Crippen molar-refractivity contribution in [2.24, 2.45) is 0 Å². The molecule has 0 bridgehead atoms. The molecule has 1 rings (SSSR count). The van der Waals surface area contributed by atoms with Gasteiger partial charge in [-0.1, -0.05) is 63.6 Å². The molecule has 0 amide bonds. The number of hydrogen-bond donors (Lipinski definition) is 0. The molecule has 0 aliphatic heterocycles. The highest BCUT2D eigenvalue weighted by Crippen LogP contribution is 2.24. The Labute approximate surface area is 125 Å². The number of hydrogen-bond acceptors (Lipinski definition) is 2. The zero-order valence-corrected chi connectivity index (χ0v) is 14.2. The van der Waals surface area contributed by atoms with Gasteiger partial charge in [-0.2, -0.15) is 0 Å². The SMILES string of the molecule is C=Cc1ccc(CO[Si](CCC)(CCC)OCC)cc1. The van der Waals surface area contributed by atoms with Gasteiger partial charge in [-0.05, 0) is 30.1 Å². The summed E-state index contributed by atoms with van der Waals surface area (Å²) in [5.41, 5.74) is 2.35. The van der Waals surface area contributed by atoms with Crippen LogP contribution in [0.2, 0.25) is 12.1 Å². The van der Waals surface area contributed by atoms with Gasteiger partial charge < -0.3 is 8.85 Å². The average molecular weight is 292 g/mol. The first-order valence-corrected chi connectivity index (χ1v) is 9.92. The van der Waals surface area contributed by atoms with Crippen LogP contribution in [-0.4, -0.2) is 15.2 Å². The molecule has 112 valence electrons. The predicted molar refractivity (Wildman–Crippen MR) is 88.9 cm³/mol. The van der Waals surface area contributed by atoms with Crippen molar-refractivity contribution in [3.05, 3.63) is 42.0 Å². The van der Waals surface area contributed by atoms with E-state index >= 15 is 0 Å². The van der Waals surface area contributed by atoms with E-state index in [-0.39, 0.29) is 0 Å². The summed E-state index contributed by atoms with van der Waals surface area (Å²) in [6.07, 6.45) is 4.11. The molecule has 0 N–H and O–H groups in total. The van der Waals surface area contributed by atoms with E-state index in [1.165, 1.54) is 5.56 Å². The Morgan fingerprint density at radius 1 is 1.00 bits per heavy atom. The Bertz CT molecular complexity index is 369. The van der Waals surface area contributed by atoms with E-state index in [9.17, 15) is 0 Å². The maximum Gasteiger partial charge on any atom is 0.338 e. The Hall–Kier alpha value is -0.903. The van der Waals surface area contributed by atoms with Crippen molar-refractivity contribution in [1.29, 1.82) is 0 Å². The molecule has 0 fully saturated rings. The molecule has 0 radical (unpaired) electrons. The summed E-state index contributed by atoms with van der Waals surface area (Å²) >= 11 is 0. The van der Waals surface area contributed by atoms with Crippen molar-refractivity contribution >= 4 is 14.6 Å². The molecule has 20 heavy (non-hydrogen) atoms. The standard InChI is InChI=1S/C17H28O2Si/c1-5-13-20(14-6-2,18-8-4)19-15-17-11-9-16(7-3)10-12-17/h7,9-12H,3,5-6,8,13-15H2,1-2,4H3. The van der Waals surface area contributed by atoms with Gasteiger partial charge in [0.2, 0.25) is 0 Å². The van der Waals surface area contributed by atoms with Gasteiger partial charge in [0.05, 0.1) is 6.61 Å². The lowest BCUT2D eigenvalue weighted by Gasteiger charge is -2.30. The second-order valence-electron chi connectivity index (χ2n) is 5.08. The summed E-state index contributed by atoms with van der Waals surface area (Å²) < 4.78 is 12.4. The fraction of sp³-hybridized carbons (Fsp3) is 0.529. The van der Waals surface area contributed by atoms with Gasteiger partial charge in [-0.3, -0.25) is 0 Å². The van der Waals surface area contributed by atoms with Crippen LogP contribution in [0.1, 0.15) is 44.7 Å². The van der Waals surface area contributed by atoms with E-state index in [2.05, 4.69) is 51.6 Å². The zero-order chi connectivity index (χ0) is 14.8. The molecule has 0 atom stereocenters. The molecule has 0 aliphatic rings. The number of rotatable bonds is 10. The van der Waals surface area contributed by atoms with Crippen molar-refractivity contribution in [2.45, 2.75) is 52.3 Å². The van der Waals surface area contributed by atoms with E-state index in [0.717, 1.165) is 37.1 Å². The van der Waals surface area contributed by atoms with Gasteiger partial charge in [0.15, 0.2) is 0 Å². The van der Waals surface area contributed by atoms with Crippen molar-refractivity contribution in [1.82, 2.24) is 0 Å². The monoisotopic (exact) mass is 292 g/mol. The fourth-order valence-electron chi connectivity index (χ4n) is 2.44. The van der Waals surface area contributed by atoms with E-state index in [0.29, 0.717) is 6.61 Å². The van der Waals surface area contributed by atoms with E-state index in [1.807, 2.05) is 6.08 Å². The van der Waals surface area contributed by atoms with E-state index in [1.54, 1.807) is 0 Å². The summed E-state index contributed by atoms with van der Waals surface area (Å²) in [4.78, 5) is 0. The quantitative estimate of drug-likeness (QED) is 0.556. The van der Waals surface area contributed by atoms with Crippen molar-refractivity contribution < 1.29 is 8.85 Å². The molecule has 0 spiro atoms. The lowest BCUT2D eigenvalue weighted by Crippen LogP contribution is -2.41. The number of benzene rings is 1. The minimum atomic E-state index is -2.02. The molecule has 0 heterocycles. The molecular weight excluding hydrogens is 264 g/mol. The van der Waals surface area contributed by atoms with Gasteiger partial charge in [0.25, 0.3) is 0 Å². The Kier molecular flexibility index (Phi) is 7.81. The summed E-state index contributed by atoms with van der Waals surface area (Å²) in [5, 5.41) is 0. The van der Waals surface area contributed by atoms with Crippen LogP contribution < -0.4 is 0 Å². The summed E-state index contributed by atoms with van der Waals surface area (Å²) in [7, 11) is -2.02. The Balaban J connectivity index is 2.69. The van der Waals surface area contributed by atoms with Gasteiger partial charge in [-0.25, -0.2) is 0 Å². The molecule has 1 aromatic carbocycles. The van der Waals surface area contributed by atoms with Crippen molar-refractivity contribution in [3.63, 3.8) is 0 Å². The minimum Gasteiger partial charge on any atom is -0.394 e.